The molecule has 1 fully saturated rings. The normalized spacial score (nSPS) is 31.1. The number of benzene rings is 1. The van der Waals surface area contributed by atoms with Crippen LogP contribution in [0, 0.1) is 11.8 Å². The lowest BCUT2D eigenvalue weighted by atomic mass is 9.78. The van der Waals surface area contributed by atoms with Gasteiger partial charge in [-0.25, -0.2) is 0 Å². The van der Waals surface area contributed by atoms with E-state index in [2.05, 4.69) is 28.6 Å². The van der Waals surface area contributed by atoms with Crippen LogP contribution in [0.3, 0.4) is 0 Å². The quantitative estimate of drug-likeness (QED) is 0.880. The molecule has 0 radical (unpaired) electrons. The van der Waals surface area contributed by atoms with Crippen molar-refractivity contribution in [3.05, 3.63) is 18.2 Å². The largest absolute Gasteiger partial charge is 0.586 e. The summed E-state index contributed by atoms with van der Waals surface area (Å²) in [4.78, 5) is 0. The third-order valence-corrected chi connectivity index (χ3v) is 4.28. The summed E-state index contributed by atoms with van der Waals surface area (Å²) in [6.45, 7) is 4.46. The van der Waals surface area contributed by atoms with E-state index in [-0.39, 0.29) is 11.5 Å². The van der Waals surface area contributed by atoms with E-state index in [1.807, 2.05) is 0 Å². The van der Waals surface area contributed by atoms with Crippen molar-refractivity contribution in [2.24, 2.45) is 11.8 Å². The fourth-order valence-electron chi connectivity index (χ4n) is 3.20. The Morgan fingerprint density at radius 3 is 2.45 bits per heavy atom. The third kappa shape index (κ3) is 2.53. The molecule has 0 bridgehead atoms. The Hall–Kier alpha value is -1.52. The molecule has 1 heterocycles. The number of nitrogens with one attached hydrogen (secondary N) is 1. The van der Waals surface area contributed by atoms with Gasteiger partial charge in [0.2, 0.25) is 0 Å². The minimum atomic E-state index is -3.55. The van der Waals surface area contributed by atoms with Crippen molar-refractivity contribution in [1.82, 2.24) is 0 Å². The Labute approximate surface area is 117 Å². The van der Waals surface area contributed by atoms with E-state index in [4.69, 9.17) is 0 Å². The molecule has 0 amide bonds. The molecule has 0 spiro atoms. The molecule has 1 aliphatic heterocycles. The van der Waals surface area contributed by atoms with Crippen molar-refractivity contribution in [2.75, 3.05) is 5.32 Å². The van der Waals surface area contributed by atoms with Gasteiger partial charge in [-0.2, -0.15) is 0 Å². The van der Waals surface area contributed by atoms with E-state index in [9.17, 15) is 8.78 Å². The first-order chi connectivity index (χ1) is 9.44. The van der Waals surface area contributed by atoms with Crippen molar-refractivity contribution >= 4 is 5.69 Å². The molecule has 0 saturated heterocycles. The molecule has 110 valence electrons. The smallest absolute Gasteiger partial charge is 0.395 e. The van der Waals surface area contributed by atoms with Crippen LogP contribution in [0.2, 0.25) is 0 Å². The number of halogens is 2. The van der Waals surface area contributed by atoms with Crippen LogP contribution in [-0.2, 0) is 0 Å². The van der Waals surface area contributed by atoms with Crippen LogP contribution in [-0.4, -0.2) is 12.3 Å². The second kappa shape index (κ2) is 4.79. The molecular formula is C15H19F2NO2. The van der Waals surface area contributed by atoms with Gasteiger partial charge in [-0.05, 0) is 36.8 Å². The van der Waals surface area contributed by atoms with Gasteiger partial charge in [0.15, 0.2) is 11.5 Å². The number of alkyl halides is 2. The molecule has 2 unspecified atom stereocenters. The molecule has 3 rings (SSSR count). The Kier molecular flexibility index (Phi) is 3.22. The number of ether oxygens (including phenoxy) is 2. The van der Waals surface area contributed by atoms with Gasteiger partial charge in [-0.15, -0.1) is 8.78 Å². The standard InChI is InChI=1S/C15H19F2NO2/c1-9-4-3-5-10(2)14(9)18-11-6-7-12-13(8-11)20-15(16,17)19-12/h6-10,14,18H,3-5H2,1-2H3. The lowest BCUT2D eigenvalue weighted by molar-refractivity contribution is -0.286. The zero-order chi connectivity index (χ0) is 14.3. The van der Waals surface area contributed by atoms with E-state index >= 15 is 0 Å². The predicted molar refractivity (Wildman–Crippen MR) is 72.2 cm³/mol. The summed E-state index contributed by atoms with van der Waals surface area (Å²) in [5, 5.41) is 3.46. The summed E-state index contributed by atoms with van der Waals surface area (Å²) in [5.41, 5.74) is 0.802. The zero-order valence-corrected chi connectivity index (χ0v) is 11.7. The molecule has 0 aromatic heterocycles. The highest BCUT2D eigenvalue weighted by Gasteiger charge is 2.43. The number of hydrogen-bond donors (Lipinski definition) is 1. The van der Waals surface area contributed by atoms with E-state index in [0.29, 0.717) is 17.9 Å². The van der Waals surface area contributed by atoms with Gasteiger partial charge < -0.3 is 14.8 Å². The highest BCUT2D eigenvalue weighted by molar-refractivity contribution is 5.56. The monoisotopic (exact) mass is 283 g/mol. The van der Waals surface area contributed by atoms with Gasteiger partial charge in [0, 0.05) is 17.8 Å². The summed E-state index contributed by atoms with van der Waals surface area (Å²) >= 11 is 0. The lowest BCUT2D eigenvalue weighted by Gasteiger charge is -2.35. The first kappa shape index (κ1) is 13.5. The van der Waals surface area contributed by atoms with Crippen LogP contribution < -0.4 is 14.8 Å². The molecular weight excluding hydrogens is 264 g/mol. The summed E-state index contributed by atoms with van der Waals surface area (Å²) in [6.07, 6.45) is 0.107. The summed E-state index contributed by atoms with van der Waals surface area (Å²) in [6, 6.07) is 5.24. The van der Waals surface area contributed by atoms with E-state index in [1.165, 1.54) is 25.3 Å². The topological polar surface area (TPSA) is 30.5 Å². The number of anilines is 1. The Morgan fingerprint density at radius 2 is 1.75 bits per heavy atom. The zero-order valence-electron chi connectivity index (χ0n) is 11.7. The molecule has 1 saturated carbocycles. The fraction of sp³-hybridized carbons (Fsp3) is 0.600. The average molecular weight is 283 g/mol. The molecule has 2 aliphatic rings. The van der Waals surface area contributed by atoms with Crippen LogP contribution in [0.15, 0.2) is 18.2 Å². The molecule has 1 N–H and O–H groups in total. The van der Waals surface area contributed by atoms with Crippen LogP contribution >= 0.6 is 0 Å². The molecule has 2 atom stereocenters. The van der Waals surface area contributed by atoms with Crippen molar-refractivity contribution in [3.63, 3.8) is 0 Å². The van der Waals surface area contributed by atoms with E-state index in [1.54, 1.807) is 12.1 Å². The maximum atomic E-state index is 13.0. The van der Waals surface area contributed by atoms with Crippen molar-refractivity contribution < 1.29 is 18.3 Å². The first-order valence-corrected chi connectivity index (χ1v) is 7.11. The van der Waals surface area contributed by atoms with Gasteiger partial charge in [-0.1, -0.05) is 20.3 Å². The minimum absolute atomic E-state index is 0.0882. The summed E-state index contributed by atoms with van der Waals surface area (Å²) in [7, 11) is 0. The molecule has 3 nitrogen and oxygen atoms in total. The van der Waals surface area contributed by atoms with Gasteiger partial charge in [0.05, 0.1) is 0 Å². The maximum absolute atomic E-state index is 13.0. The van der Waals surface area contributed by atoms with Crippen LogP contribution in [0.25, 0.3) is 0 Å². The van der Waals surface area contributed by atoms with Crippen LogP contribution in [0.4, 0.5) is 14.5 Å². The SMILES string of the molecule is CC1CCCC(C)C1Nc1ccc2c(c1)OC(F)(F)O2. The highest BCUT2D eigenvalue weighted by atomic mass is 19.3. The Morgan fingerprint density at radius 1 is 1.10 bits per heavy atom. The average Bonchev–Trinajstić information content (AvgIpc) is 2.67. The molecule has 1 aromatic carbocycles. The Bertz CT molecular complexity index is 497. The number of hydrogen-bond acceptors (Lipinski definition) is 3. The maximum Gasteiger partial charge on any atom is 0.586 e. The number of rotatable bonds is 2. The first-order valence-electron chi connectivity index (χ1n) is 7.11. The second-order valence-electron chi connectivity index (χ2n) is 5.88. The van der Waals surface area contributed by atoms with Crippen LogP contribution in [0.1, 0.15) is 33.1 Å². The number of fused-ring (bicyclic) bond motifs is 1. The Balaban J connectivity index is 1.76. The summed E-state index contributed by atoms with van der Waals surface area (Å²) < 4.78 is 34.9. The van der Waals surface area contributed by atoms with E-state index < -0.39 is 6.29 Å². The van der Waals surface area contributed by atoms with Gasteiger partial charge in [0.25, 0.3) is 0 Å². The van der Waals surface area contributed by atoms with E-state index in [0.717, 1.165) is 5.69 Å². The van der Waals surface area contributed by atoms with Gasteiger partial charge in [-0.3, -0.25) is 0 Å². The van der Waals surface area contributed by atoms with Crippen molar-refractivity contribution in [3.8, 4) is 11.5 Å². The molecule has 5 heteroatoms. The van der Waals surface area contributed by atoms with Crippen molar-refractivity contribution in [1.29, 1.82) is 0 Å². The van der Waals surface area contributed by atoms with Crippen molar-refractivity contribution in [2.45, 2.75) is 45.4 Å². The van der Waals surface area contributed by atoms with Crippen LogP contribution in [0.5, 0.6) is 11.5 Å². The van der Waals surface area contributed by atoms with Gasteiger partial charge in [0.1, 0.15) is 0 Å². The third-order valence-electron chi connectivity index (χ3n) is 4.28. The van der Waals surface area contributed by atoms with Gasteiger partial charge >= 0.3 is 6.29 Å². The predicted octanol–water partition coefficient (Wildman–Crippen LogP) is 4.24. The molecule has 20 heavy (non-hydrogen) atoms. The highest BCUT2D eigenvalue weighted by Crippen LogP contribution is 2.42. The summed E-state index contributed by atoms with van der Waals surface area (Å²) in [5.74, 6) is 1.33. The lowest BCUT2D eigenvalue weighted by Crippen LogP contribution is -2.37. The molecule has 1 aromatic rings. The minimum Gasteiger partial charge on any atom is -0.395 e. The molecule has 1 aliphatic carbocycles. The fourth-order valence-corrected chi connectivity index (χ4v) is 3.20. The second-order valence-corrected chi connectivity index (χ2v) is 5.88.